The van der Waals surface area contributed by atoms with E-state index in [1.165, 1.54) is 12.8 Å². The number of hydrogen-bond donors (Lipinski definition) is 2. The van der Waals surface area contributed by atoms with E-state index in [1.54, 1.807) is 0 Å². The van der Waals surface area contributed by atoms with E-state index >= 15 is 0 Å². The molecule has 2 aliphatic rings. The van der Waals surface area contributed by atoms with Crippen molar-refractivity contribution in [3.05, 3.63) is 0 Å². The molecule has 2 heterocycles. The molecule has 0 aromatic carbocycles. The van der Waals surface area contributed by atoms with Crippen molar-refractivity contribution < 1.29 is 5.11 Å². The third kappa shape index (κ3) is 1.68. The number of aliphatic hydroxyl groups is 1. The summed E-state index contributed by atoms with van der Waals surface area (Å²) >= 11 is 0. The van der Waals surface area contributed by atoms with Crippen LogP contribution in [0.3, 0.4) is 0 Å². The number of fused-ring (bicyclic) bond motifs is 2. The molecule has 0 spiro atoms. The number of rotatable bonds is 0. The van der Waals surface area contributed by atoms with Crippen molar-refractivity contribution in [3.63, 3.8) is 0 Å². The van der Waals surface area contributed by atoms with E-state index in [1.807, 2.05) is 0 Å². The number of piperidine rings is 1. The quantitative estimate of drug-likeness (QED) is 0.581. The molecule has 3 unspecified atom stereocenters. The van der Waals surface area contributed by atoms with E-state index in [9.17, 15) is 5.11 Å². The second-order valence-corrected chi connectivity index (χ2v) is 4.03. The van der Waals surface area contributed by atoms with Crippen LogP contribution in [0.5, 0.6) is 0 Å². The summed E-state index contributed by atoms with van der Waals surface area (Å²) < 4.78 is 0. The van der Waals surface area contributed by atoms with Crippen LogP contribution in [0.15, 0.2) is 0 Å². The molecule has 2 aliphatic heterocycles. The molecule has 0 aromatic rings. The first kappa shape index (κ1) is 9.30. The van der Waals surface area contributed by atoms with Crippen LogP contribution in [0.2, 0.25) is 0 Å². The Hall–Kier alpha value is 0.210. The Morgan fingerprint density at radius 3 is 2.91 bits per heavy atom. The SMILES string of the molecule is CC12CCC(CC(O)C1)N2.Cl. The number of halogens is 1. The van der Waals surface area contributed by atoms with Crippen LogP contribution in [0.25, 0.3) is 0 Å². The van der Waals surface area contributed by atoms with Crippen LogP contribution >= 0.6 is 12.4 Å². The number of aliphatic hydroxyl groups excluding tert-OH is 1. The summed E-state index contributed by atoms with van der Waals surface area (Å²) in [6, 6.07) is 0.605. The van der Waals surface area contributed by atoms with Gasteiger partial charge in [0.25, 0.3) is 0 Å². The third-order valence-electron chi connectivity index (χ3n) is 2.84. The zero-order valence-electron chi connectivity index (χ0n) is 6.84. The van der Waals surface area contributed by atoms with Crippen LogP contribution in [0.4, 0.5) is 0 Å². The molecule has 3 heteroatoms. The number of nitrogens with one attached hydrogen (secondary N) is 1. The molecule has 2 nitrogen and oxygen atoms in total. The van der Waals surface area contributed by atoms with Crippen molar-refractivity contribution in [3.8, 4) is 0 Å². The van der Waals surface area contributed by atoms with Crippen LogP contribution < -0.4 is 5.32 Å². The smallest absolute Gasteiger partial charge is 0.0572 e. The van der Waals surface area contributed by atoms with Gasteiger partial charge in [-0.05, 0) is 32.6 Å². The Balaban J connectivity index is 0.000000605. The van der Waals surface area contributed by atoms with Gasteiger partial charge in [0.05, 0.1) is 6.10 Å². The maximum absolute atomic E-state index is 9.42. The molecule has 2 N–H and O–H groups in total. The minimum atomic E-state index is -0.0428. The van der Waals surface area contributed by atoms with E-state index in [2.05, 4.69) is 12.2 Å². The lowest BCUT2D eigenvalue weighted by Gasteiger charge is -2.33. The highest BCUT2D eigenvalue weighted by atomic mass is 35.5. The molecule has 66 valence electrons. The van der Waals surface area contributed by atoms with Gasteiger partial charge in [-0.25, -0.2) is 0 Å². The zero-order valence-corrected chi connectivity index (χ0v) is 7.66. The maximum atomic E-state index is 9.42. The fourth-order valence-corrected chi connectivity index (χ4v) is 2.40. The van der Waals surface area contributed by atoms with Crippen LogP contribution in [-0.4, -0.2) is 22.8 Å². The summed E-state index contributed by atoms with van der Waals surface area (Å²) in [7, 11) is 0. The zero-order chi connectivity index (χ0) is 7.19. The van der Waals surface area contributed by atoms with Crippen molar-refractivity contribution in [1.29, 1.82) is 0 Å². The minimum Gasteiger partial charge on any atom is -0.393 e. The number of hydrogen-bond acceptors (Lipinski definition) is 2. The van der Waals surface area contributed by atoms with Crippen molar-refractivity contribution in [1.82, 2.24) is 5.32 Å². The summed E-state index contributed by atoms with van der Waals surface area (Å²) in [5, 5.41) is 13.0. The highest BCUT2D eigenvalue weighted by Gasteiger charge is 2.40. The molecule has 2 fully saturated rings. The molecule has 2 bridgehead atoms. The van der Waals surface area contributed by atoms with E-state index in [0.717, 1.165) is 12.8 Å². The summed E-state index contributed by atoms with van der Waals surface area (Å²) in [6.07, 6.45) is 4.38. The van der Waals surface area contributed by atoms with Gasteiger partial charge in [0.1, 0.15) is 0 Å². The van der Waals surface area contributed by atoms with Crippen LogP contribution in [0.1, 0.15) is 32.6 Å². The van der Waals surface area contributed by atoms with Gasteiger partial charge in [-0.15, -0.1) is 12.4 Å². The molecular formula is C8H16ClNO. The predicted octanol–water partition coefficient (Wildman–Crippen LogP) is 1.07. The fraction of sp³-hybridized carbons (Fsp3) is 1.00. The average Bonchev–Trinajstić information content (AvgIpc) is 2.06. The Bertz CT molecular complexity index is 153. The van der Waals surface area contributed by atoms with E-state index < -0.39 is 0 Å². The summed E-state index contributed by atoms with van der Waals surface area (Å²) in [6.45, 7) is 2.22. The molecule has 2 saturated heterocycles. The van der Waals surface area contributed by atoms with Crippen molar-refractivity contribution in [2.24, 2.45) is 0 Å². The van der Waals surface area contributed by atoms with E-state index in [0.29, 0.717) is 6.04 Å². The summed E-state index contributed by atoms with van der Waals surface area (Å²) in [5.41, 5.74) is 0.266. The molecule has 3 atom stereocenters. The predicted molar refractivity (Wildman–Crippen MR) is 47.1 cm³/mol. The topological polar surface area (TPSA) is 32.3 Å². The Morgan fingerprint density at radius 2 is 2.27 bits per heavy atom. The maximum Gasteiger partial charge on any atom is 0.0572 e. The third-order valence-corrected chi connectivity index (χ3v) is 2.84. The highest BCUT2D eigenvalue weighted by molar-refractivity contribution is 5.85. The molecule has 0 radical (unpaired) electrons. The molecule has 0 aromatic heterocycles. The molecule has 11 heavy (non-hydrogen) atoms. The molecule has 0 amide bonds. The van der Waals surface area contributed by atoms with Gasteiger partial charge < -0.3 is 10.4 Å². The Labute approximate surface area is 73.8 Å². The monoisotopic (exact) mass is 177 g/mol. The average molecular weight is 178 g/mol. The lowest BCUT2D eigenvalue weighted by molar-refractivity contribution is 0.0874. The second-order valence-electron chi connectivity index (χ2n) is 4.03. The van der Waals surface area contributed by atoms with Gasteiger partial charge in [-0.1, -0.05) is 0 Å². The van der Waals surface area contributed by atoms with Gasteiger partial charge in [0.15, 0.2) is 0 Å². The lowest BCUT2D eigenvalue weighted by atomic mass is 9.91. The highest BCUT2D eigenvalue weighted by Crippen LogP contribution is 2.34. The summed E-state index contributed by atoms with van der Waals surface area (Å²) in [5.74, 6) is 0. The molecule has 0 aliphatic carbocycles. The van der Waals surface area contributed by atoms with Crippen LogP contribution in [-0.2, 0) is 0 Å². The standard InChI is InChI=1S/C8H15NO.ClH/c1-8-3-2-6(9-8)4-7(10)5-8;/h6-7,9-10H,2-5H2,1H3;1H. The van der Waals surface area contributed by atoms with Crippen LogP contribution in [0, 0.1) is 0 Å². The largest absolute Gasteiger partial charge is 0.393 e. The molecular weight excluding hydrogens is 162 g/mol. The second kappa shape index (κ2) is 2.92. The first-order valence-electron chi connectivity index (χ1n) is 4.14. The first-order chi connectivity index (χ1) is 4.68. The first-order valence-corrected chi connectivity index (χ1v) is 4.14. The minimum absolute atomic E-state index is 0. The van der Waals surface area contributed by atoms with Crippen molar-refractivity contribution in [2.75, 3.05) is 0 Å². The fourth-order valence-electron chi connectivity index (χ4n) is 2.40. The lowest BCUT2D eigenvalue weighted by Crippen LogP contribution is -2.48. The van der Waals surface area contributed by atoms with Gasteiger partial charge in [0.2, 0.25) is 0 Å². The van der Waals surface area contributed by atoms with Crippen molar-refractivity contribution in [2.45, 2.75) is 50.3 Å². The molecule has 2 rings (SSSR count). The molecule has 0 saturated carbocycles. The Morgan fingerprint density at radius 1 is 1.55 bits per heavy atom. The van der Waals surface area contributed by atoms with Gasteiger partial charge in [-0.3, -0.25) is 0 Å². The van der Waals surface area contributed by atoms with Gasteiger partial charge >= 0.3 is 0 Å². The summed E-state index contributed by atoms with van der Waals surface area (Å²) in [4.78, 5) is 0. The van der Waals surface area contributed by atoms with E-state index in [4.69, 9.17) is 0 Å². The van der Waals surface area contributed by atoms with Gasteiger partial charge in [-0.2, -0.15) is 0 Å². The Kier molecular flexibility index (Phi) is 2.47. The normalized spacial score (nSPS) is 48.5. The van der Waals surface area contributed by atoms with E-state index in [-0.39, 0.29) is 24.0 Å². The van der Waals surface area contributed by atoms with Gasteiger partial charge in [0, 0.05) is 11.6 Å². The van der Waals surface area contributed by atoms with Crippen molar-refractivity contribution >= 4 is 12.4 Å².